The van der Waals surface area contributed by atoms with Crippen molar-refractivity contribution in [3.8, 4) is 0 Å². The minimum absolute atomic E-state index is 0.0260. The van der Waals surface area contributed by atoms with Crippen LogP contribution in [0.1, 0.15) is 57.8 Å². The van der Waals surface area contributed by atoms with E-state index in [0.29, 0.717) is 6.04 Å². The van der Waals surface area contributed by atoms with E-state index in [1.807, 2.05) is 10.9 Å². The first-order chi connectivity index (χ1) is 6.72. The predicted octanol–water partition coefficient (Wildman–Crippen LogP) is 2.05. The molecule has 1 aromatic rings. The normalized spacial score (nSPS) is 13.5. The Morgan fingerprint density at radius 1 is 1.29 bits per heavy atom. The lowest BCUT2D eigenvalue weighted by Crippen LogP contribution is -2.09. The second-order valence-corrected chi connectivity index (χ2v) is 3.61. The van der Waals surface area contributed by atoms with Gasteiger partial charge in [0, 0.05) is 0 Å². The maximum Gasteiger partial charge on any atom is 0.0994 e. The minimum atomic E-state index is 0.0260. The van der Waals surface area contributed by atoms with Gasteiger partial charge in [0.05, 0.1) is 24.0 Å². The molecule has 0 aliphatic carbocycles. The van der Waals surface area contributed by atoms with Crippen molar-refractivity contribution in [2.24, 2.45) is 5.73 Å². The second-order valence-electron chi connectivity index (χ2n) is 3.61. The molecule has 4 heteroatoms. The van der Waals surface area contributed by atoms with Crippen LogP contribution in [0.5, 0.6) is 0 Å². The fourth-order valence-electron chi connectivity index (χ4n) is 1.51. The third kappa shape index (κ3) is 2.32. The number of nitrogens with two attached hydrogens (primary N) is 1. The summed E-state index contributed by atoms with van der Waals surface area (Å²) in [6.45, 7) is 6.38. The standard InChI is InChI=1S/C10H20N4/c1-4-8(5-2)14-7-10(12-13-14)9(11)6-3/h7-9H,4-6,11H2,1-3H3. The fourth-order valence-corrected chi connectivity index (χ4v) is 1.51. The lowest BCUT2D eigenvalue weighted by Gasteiger charge is -2.11. The third-order valence-electron chi connectivity index (χ3n) is 2.66. The van der Waals surface area contributed by atoms with Gasteiger partial charge < -0.3 is 5.73 Å². The van der Waals surface area contributed by atoms with Crippen molar-refractivity contribution in [1.82, 2.24) is 15.0 Å². The van der Waals surface area contributed by atoms with E-state index in [9.17, 15) is 0 Å². The molecule has 0 aliphatic rings. The first-order valence-corrected chi connectivity index (χ1v) is 5.40. The Kier molecular flexibility index (Phi) is 4.07. The van der Waals surface area contributed by atoms with Crippen LogP contribution < -0.4 is 5.73 Å². The Balaban J connectivity index is 2.76. The second kappa shape index (κ2) is 5.10. The summed E-state index contributed by atoms with van der Waals surface area (Å²) >= 11 is 0. The zero-order valence-electron chi connectivity index (χ0n) is 9.27. The van der Waals surface area contributed by atoms with Gasteiger partial charge in [0.1, 0.15) is 0 Å². The van der Waals surface area contributed by atoms with Crippen molar-refractivity contribution in [2.75, 3.05) is 0 Å². The van der Waals surface area contributed by atoms with Gasteiger partial charge in [-0.3, -0.25) is 0 Å². The Morgan fingerprint density at radius 2 is 1.93 bits per heavy atom. The van der Waals surface area contributed by atoms with E-state index in [-0.39, 0.29) is 6.04 Å². The Hall–Kier alpha value is -0.900. The van der Waals surface area contributed by atoms with E-state index in [0.717, 1.165) is 25.0 Å². The third-order valence-corrected chi connectivity index (χ3v) is 2.66. The van der Waals surface area contributed by atoms with Crippen molar-refractivity contribution < 1.29 is 0 Å². The fraction of sp³-hybridized carbons (Fsp3) is 0.800. The molecule has 0 aliphatic heterocycles. The lowest BCUT2D eigenvalue weighted by molar-refractivity contribution is 0.418. The summed E-state index contributed by atoms with van der Waals surface area (Å²) in [6.07, 6.45) is 5.05. The summed E-state index contributed by atoms with van der Waals surface area (Å²) < 4.78 is 1.94. The first-order valence-electron chi connectivity index (χ1n) is 5.40. The van der Waals surface area contributed by atoms with E-state index in [1.165, 1.54) is 0 Å². The Labute approximate surface area is 85.5 Å². The molecule has 0 aromatic carbocycles. The van der Waals surface area contributed by atoms with Gasteiger partial charge in [-0.2, -0.15) is 0 Å². The molecule has 1 unspecified atom stereocenters. The molecule has 1 atom stereocenters. The molecule has 0 amide bonds. The van der Waals surface area contributed by atoms with Crippen LogP contribution in [0.25, 0.3) is 0 Å². The van der Waals surface area contributed by atoms with Gasteiger partial charge in [-0.1, -0.05) is 26.0 Å². The molecule has 4 nitrogen and oxygen atoms in total. The van der Waals surface area contributed by atoms with E-state index in [2.05, 4.69) is 31.1 Å². The van der Waals surface area contributed by atoms with Gasteiger partial charge in [-0.05, 0) is 19.3 Å². The van der Waals surface area contributed by atoms with Crippen molar-refractivity contribution in [2.45, 2.75) is 52.1 Å². The molecule has 80 valence electrons. The zero-order valence-corrected chi connectivity index (χ0v) is 9.27. The van der Waals surface area contributed by atoms with Crippen molar-refractivity contribution >= 4 is 0 Å². The van der Waals surface area contributed by atoms with E-state index >= 15 is 0 Å². The van der Waals surface area contributed by atoms with Crippen LogP contribution in [0.4, 0.5) is 0 Å². The van der Waals surface area contributed by atoms with Crippen molar-refractivity contribution in [1.29, 1.82) is 0 Å². The predicted molar refractivity (Wildman–Crippen MR) is 56.9 cm³/mol. The molecular weight excluding hydrogens is 176 g/mol. The lowest BCUT2D eigenvalue weighted by atomic mass is 10.1. The van der Waals surface area contributed by atoms with E-state index in [1.54, 1.807) is 0 Å². The highest BCUT2D eigenvalue weighted by atomic mass is 15.4. The number of hydrogen-bond donors (Lipinski definition) is 1. The van der Waals surface area contributed by atoms with Gasteiger partial charge in [0.25, 0.3) is 0 Å². The van der Waals surface area contributed by atoms with Gasteiger partial charge in [0.15, 0.2) is 0 Å². The maximum absolute atomic E-state index is 5.87. The van der Waals surface area contributed by atoms with Gasteiger partial charge in [-0.15, -0.1) is 5.10 Å². The van der Waals surface area contributed by atoms with Gasteiger partial charge in [-0.25, -0.2) is 4.68 Å². The maximum atomic E-state index is 5.87. The average molecular weight is 196 g/mol. The highest BCUT2D eigenvalue weighted by Crippen LogP contribution is 2.16. The first kappa shape index (κ1) is 11.2. The molecule has 0 radical (unpaired) electrons. The summed E-state index contributed by atoms with van der Waals surface area (Å²) in [5.74, 6) is 0. The van der Waals surface area contributed by atoms with E-state index < -0.39 is 0 Å². The van der Waals surface area contributed by atoms with Gasteiger partial charge in [0.2, 0.25) is 0 Å². The quantitative estimate of drug-likeness (QED) is 0.784. The molecule has 1 aromatic heterocycles. The number of nitrogens with zero attached hydrogens (tertiary/aromatic N) is 3. The number of aromatic nitrogens is 3. The van der Waals surface area contributed by atoms with Crippen LogP contribution in [-0.2, 0) is 0 Å². The van der Waals surface area contributed by atoms with Crippen LogP contribution >= 0.6 is 0 Å². The monoisotopic (exact) mass is 196 g/mol. The number of rotatable bonds is 5. The van der Waals surface area contributed by atoms with E-state index in [4.69, 9.17) is 5.73 Å². The summed E-state index contributed by atoms with van der Waals surface area (Å²) in [5, 5.41) is 8.21. The van der Waals surface area contributed by atoms with Crippen LogP contribution in [0.3, 0.4) is 0 Å². The smallest absolute Gasteiger partial charge is 0.0994 e. The Morgan fingerprint density at radius 3 is 2.43 bits per heavy atom. The molecule has 1 heterocycles. The zero-order chi connectivity index (χ0) is 10.6. The molecule has 14 heavy (non-hydrogen) atoms. The van der Waals surface area contributed by atoms with Gasteiger partial charge >= 0.3 is 0 Å². The minimum Gasteiger partial charge on any atom is -0.323 e. The molecule has 0 spiro atoms. The Bertz CT molecular complexity index is 265. The topological polar surface area (TPSA) is 56.7 Å². The van der Waals surface area contributed by atoms with Crippen LogP contribution in [-0.4, -0.2) is 15.0 Å². The molecular formula is C10H20N4. The number of hydrogen-bond acceptors (Lipinski definition) is 3. The van der Waals surface area contributed by atoms with Crippen LogP contribution in [0.15, 0.2) is 6.20 Å². The van der Waals surface area contributed by atoms with Crippen LogP contribution in [0, 0.1) is 0 Å². The molecule has 0 fully saturated rings. The molecule has 0 bridgehead atoms. The average Bonchev–Trinajstić information content (AvgIpc) is 2.68. The molecule has 0 saturated carbocycles. The summed E-state index contributed by atoms with van der Waals surface area (Å²) in [6, 6.07) is 0.485. The molecule has 2 N–H and O–H groups in total. The molecule has 1 rings (SSSR count). The van der Waals surface area contributed by atoms with Crippen molar-refractivity contribution in [3.63, 3.8) is 0 Å². The SMILES string of the molecule is CCC(N)c1cn(C(CC)CC)nn1. The largest absolute Gasteiger partial charge is 0.323 e. The molecule has 0 saturated heterocycles. The van der Waals surface area contributed by atoms with Crippen LogP contribution in [0.2, 0.25) is 0 Å². The summed E-state index contributed by atoms with van der Waals surface area (Å²) in [5.41, 5.74) is 6.78. The summed E-state index contributed by atoms with van der Waals surface area (Å²) in [4.78, 5) is 0. The van der Waals surface area contributed by atoms with Crippen molar-refractivity contribution in [3.05, 3.63) is 11.9 Å². The highest BCUT2D eigenvalue weighted by Gasteiger charge is 2.12. The summed E-state index contributed by atoms with van der Waals surface area (Å²) in [7, 11) is 0. The highest BCUT2D eigenvalue weighted by molar-refractivity contribution is 4.99.